The van der Waals surface area contributed by atoms with Gasteiger partial charge < -0.3 is 23.6 Å². The van der Waals surface area contributed by atoms with E-state index in [0.29, 0.717) is 28.8 Å². The van der Waals surface area contributed by atoms with E-state index in [4.69, 9.17) is 29.9 Å². The maximum absolute atomic E-state index is 12.6. The molecule has 4 rings (SSSR count). The number of nitrogens with one attached hydrogen (secondary N) is 1. The van der Waals surface area contributed by atoms with Crippen molar-refractivity contribution in [1.82, 2.24) is 9.78 Å². The van der Waals surface area contributed by atoms with Crippen molar-refractivity contribution in [3.8, 4) is 28.9 Å². The normalized spacial score (nSPS) is 10.7. The summed E-state index contributed by atoms with van der Waals surface area (Å²) in [6, 6.07) is 15.1. The van der Waals surface area contributed by atoms with Crippen molar-refractivity contribution >= 4 is 23.2 Å². The predicted octanol–water partition coefficient (Wildman–Crippen LogP) is 4.58. The molecular weight excluding hydrogens is 438 g/mol. The van der Waals surface area contributed by atoms with Crippen LogP contribution in [-0.2, 0) is 11.3 Å². The molecule has 9 nitrogen and oxygen atoms in total. The number of amides is 1. The molecule has 2 aromatic heterocycles. The number of carbonyl (C=O) groups excluding carboxylic acids is 1. The van der Waals surface area contributed by atoms with E-state index < -0.39 is 11.7 Å². The highest BCUT2D eigenvalue weighted by Gasteiger charge is 2.16. The zero-order valence-corrected chi connectivity index (χ0v) is 17.7. The van der Waals surface area contributed by atoms with Gasteiger partial charge in [-0.15, -0.1) is 5.10 Å². The number of benzene rings is 2. The molecule has 0 aliphatic carbocycles. The smallest absolute Gasteiger partial charge is 0.437 e. The minimum Gasteiger partial charge on any atom is -0.494 e. The first-order chi connectivity index (χ1) is 15.5. The second-order valence-corrected chi connectivity index (χ2v) is 6.94. The Hall–Kier alpha value is -3.98. The summed E-state index contributed by atoms with van der Waals surface area (Å²) in [5, 5.41) is 7.06. The predicted molar refractivity (Wildman–Crippen MR) is 116 cm³/mol. The maximum Gasteiger partial charge on any atom is 0.437 e. The molecule has 0 atom stereocenters. The topological polar surface area (TPSA) is 109 Å². The lowest BCUT2D eigenvalue weighted by Crippen LogP contribution is -2.26. The lowest BCUT2D eigenvalue weighted by atomic mass is 10.2. The molecule has 2 heterocycles. The average molecular weight is 456 g/mol. The summed E-state index contributed by atoms with van der Waals surface area (Å²) in [5.74, 6) is 0.583. The quantitative estimate of drug-likeness (QED) is 0.414. The molecule has 32 heavy (non-hydrogen) atoms. The van der Waals surface area contributed by atoms with Crippen LogP contribution < -0.4 is 20.5 Å². The van der Waals surface area contributed by atoms with Gasteiger partial charge in [-0.1, -0.05) is 11.6 Å². The summed E-state index contributed by atoms with van der Waals surface area (Å²) >= 11 is 6.09. The Balaban J connectivity index is 1.48. The number of aromatic nitrogens is 2. The molecule has 0 fully saturated rings. The summed E-state index contributed by atoms with van der Waals surface area (Å²) < 4.78 is 22.4. The lowest BCUT2D eigenvalue weighted by Gasteiger charge is -2.13. The van der Waals surface area contributed by atoms with Crippen molar-refractivity contribution in [3.05, 3.63) is 76.4 Å². The molecule has 0 unspecified atom stereocenters. The number of carbonyl (C=O) groups is 1. The number of anilines is 1. The summed E-state index contributed by atoms with van der Waals surface area (Å²) in [7, 11) is 0. The van der Waals surface area contributed by atoms with Crippen LogP contribution in [0.4, 0.5) is 5.69 Å². The third kappa shape index (κ3) is 5.01. The van der Waals surface area contributed by atoms with Crippen molar-refractivity contribution in [2.75, 3.05) is 11.9 Å². The van der Waals surface area contributed by atoms with Gasteiger partial charge in [0.2, 0.25) is 5.91 Å². The van der Waals surface area contributed by atoms with Crippen molar-refractivity contribution < 1.29 is 23.1 Å². The fourth-order valence-corrected chi connectivity index (χ4v) is 2.99. The number of rotatable bonds is 8. The molecule has 0 saturated carbocycles. The first kappa shape index (κ1) is 21.3. The molecular formula is C22H18ClN3O6. The third-order valence-electron chi connectivity index (χ3n) is 4.21. The molecule has 1 amide bonds. The van der Waals surface area contributed by atoms with Crippen molar-refractivity contribution in [2.24, 2.45) is 0 Å². The van der Waals surface area contributed by atoms with Gasteiger partial charge in [-0.3, -0.25) is 4.79 Å². The third-order valence-corrected chi connectivity index (χ3v) is 4.44. The van der Waals surface area contributed by atoms with Crippen LogP contribution >= 0.6 is 11.6 Å². The monoisotopic (exact) mass is 455 g/mol. The standard InChI is InChI=1S/C22H18ClN3O6/c1-2-29-15-6-8-16(9-7-15)31-18-10-5-14(23)12-17(18)24-20(27)13-26-22(28)32-21(25-26)19-4-3-11-30-19/h3-12H,2,13H2,1H3,(H,24,27). The Bertz CT molecular complexity index is 1260. The Morgan fingerprint density at radius 2 is 1.94 bits per heavy atom. The molecule has 0 bridgehead atoms. The molecule has 0 saturated heterocycles. The molecule has 10 heteroatoms. The Kier molecular flexibility index (Phi) is 6.27. The highest BCUT2D eigenvalue weighted by Crippen LogP contribution is 2.32. The van der Waals surface area contributed by atoms with Crippen LogP contribution in [0.2, 0.25) is 5.02 Å². The zero-order chi connectivity index (χ0) is 22.5. The minimum atomic E-state index is -0.788. The molecule has 0 spiro atoms. The molecule has 164 valence electrons. The second-order valence-electron chi connectivity index (χ2n) is 6.50. The van der Waals surface area contributed by atoms with Gasteiger partial charge in [0.25, 0.3) is 5.89 Å². The van der Waals surface area contributed by atoms with Crippen LogP contribution in [0.15, 0.2) is 74.5 Å². The number of furan rings is 1. The van der Waals surface area contributed by atoms with Crippen LogP contribution in [0.3, 0.4) is 0 Å². The average Bonchev–Trinajstić information content (AvgIpc) is 3.42. The molecule has 0 radical (unpaired) electrons. The van der Waals surface area contributed by atoms with Crippen LogP contribution in [0.1, 0.15) is 6.92 Å². The van der Waals surface area contributed by atoms with Crippen LogP contribution in [0.5, 0.6) is 17.2 Å². The second kappa shape index (κ2) is 9.44. The fourth-order valence-electron chi connectivity index (χ4n) is 2.82. The largest absolute Gasteiger partial charge is 0.494 e. The Morgan fingerprint density at radius 1 is 1.16 bits per heavy atom. The number of halogens is 1. The highest BCUT2D eigenvalue weighted by molar-refractivity contribution is 6.31. The first-order valence-corrected chi connectivity index (χ1v) is 10.0. The summed E-state index contributed by atoms with van der Waals surface area (Å²) in [4.78, 5) is 24.6. The first-order valence-electron chi connectivity index (χ1n) is 9.64. The number of hydrogen-bond donors (Lipinski definition) is 1. The van der Waals surface area contributed by atoms with E-state index in [2.05, 4.69) is 10.4 Å². The van der Waals surface area contributed by atoms with E-state index in [0.717, 1.165) is 10.4 Å². The molecule has 2 aromatic carbocycles. The van der Waals surface area contributed by atoms with Crippen molar-refractivity contribution in [3.63, 3.8) is 0 Å². The van der Waals surface area contributed by atoms with Gasteiger partial charge in [0.1, 0.15) is 18.0 Å². The molecule has 0 aliphatic heterocycles. The van der Waals surface area contributed by atoms with Gasteiger partial charge in [0.05, 0.1) is 18.6 Å². The summed E-state index contributed by atoms with van der Waals surface area (Å²) in [6.07, 6.45) is 1.42. The SMILES string of the molecule is CCOc1ccc(Oc2ccc(Cl)cc2NC(=O)Cn2nc(-c3ccco3)oc2=O)cc1. The number of ether oxygens (including phenoxy) is 2. The van der Waals surface area contributed by atoms with Crippen molar-refractivity contribution in [1.29, 1.82) is 0 Å². The van der Waals surface area contributed by atoms with E-state index in [1.165, 1.54) is 6.26 Å². The van der Waals surface area contributed by atoms with Crippen LogP contribution in [0, 0.1) is 0 Å². The van der Waals surface area contributed by atoms with Crippen LogP contribution in [-0.4, -0.2) is 22.3 Å². The van der Waals surface area contributed by atoms with E-state index >= 15 is 0 Å². The fraction of sp³-hybridized carbons (Fsp3) is 0.136. The van der Waals surface area contributed by atoms with Crippen molar-refractivity contribution in [2.45, 2.75) is 13.5 Å². The van der Waals surface area contributed by atoms with Gasteiger partial charge in [0.15, 0.2) is 11.5 Å². The lowest BCUT2D eigenvalue weighted by molar-refractivity contribution is -0.117. The highest BCUT2D eigenvalue weighted by atomic mass is 35.5. The number of hydrogen-bond acceptors (Lipinski definition) is 7. The van der Waals surface area contributed by atoms with Gasteiger partial charge in [-0.05, 0) is 61.5 Å². The van der Waals surface area contributed by atoms with Gasteiger partial charge >= 0.3 is 5.76 Å². The van der Waals surface area contributed by atoms with Crippen LogP contribution in [0.25, 0.3) is 11.7 Å². The Morgan fingerprint density at radius 3 is 2.66 bits per heavy atom. The minimum absolute atomic E-state index is 0.0184. The zero-order valence-electron chi connectivity index (χ0n) is 16.9. The summed E-state index contributed by atoms with van der Waals surface area (Å²) in [5.41, 5.74) is 0.333. The van der Waals surface area contributed by atoms with E-state index in [1.54, 1.807) is 54.6 Å². The van der Waals surface area contributed by atoms with E-state index in [1.807, 2.05) is 6.92 Å². The molecule has 4 aromatic rings. The van der Waals surface area contributed by atoms with Gasteiger partial charge in [-0.25, -0.2) is 4.79 Å². The van der Waals surface area contributed by atoms with Gasteiger partial charge in [-0.2, -0.15) is 4.68 Å². The van der Waals surface area contributed by atoms with E-state index in [9.17, 15) is 9.59 Å². The van der Waals surface area contributed by atoms with E-state index in [-0.39, 0.29) is 18.2 Å². The van der Waals surface area contributed by atoms with Gasteiger partial charge in [0, 0.05) is 5.02 Å². The number of nitrogens with zero attached hydrogens (tertiary/aromatic N) is 2. The molecule has 1 N–H and O–H groups in total. The maximum atomic E-state index is 12.6. The Labute approximate surface area is 187 Å². The summed E-state index contributed by atoms with van der Waals surface area (Å²) in [6.45, 7) is 2.08. The molecule has 0 aliphatic rings.